The number of halogens is 1. The fraction of sp³-hybridized carbons (Fsp3) is 0.0714. The molecule has 2 aromatic heterocycles. The smallest absolute Gasteiger partial charge is 0.360 e. The molecule has 0 aliphatic carbocycles. The van der Waals surface area contributed by atoms with Crippen LogP contribution in [-0.2, 0) is 17.4 Å². The van der Waals surface area contributed by atoms with Gasteiger partial charge in [0, 0.05) is 18.5 Å². The van der Waals surface area contributed by atoms with Gasteiger partial charge in [-0.1, -0.05) is 35.9 Å². The van der Waals surface area contributed by atoms with Crippen LogP contribution in [0.25, 0.3) is 11.0 Å². The van der Waals surface area contributed by atoms with Crippen molar-refractivity contribution < 1.29 is 17.9 Å². The summed E-state index contributed by atoms with van der Waals surface area (Å²) in [6.07, 6.45) is 3.26. The Morgan fingerprint density at radius 3 is 2.57 bits per heavy atom. The molecule has 3 aromatic carbocycles. The van der Waals surface area contributed by atoms with Gasteiger partial charge in [0.1, 0.15) is 17.4 Å². The average molecular weight is 602 g/mol. The van der Waals surface area contributed by atoms with Gasteiger partial charge in [0.15, 0.2) is 11.6 Å². The van der Waals surface area contributed by atoms with Crippen LogP contribution < -0.4 is 19.3 Å². The van der Waals surface area contributed by atoms with Crippen LogP contribution in [0.5, 0.6) is 5.75 Å². The van der Waals surface area contributed by atoms with Crippen LogP contribution in [0.15, 0.2) is 101 Å². The summed E-state index contributed by atoms with van der Waals surface area (Å²) < 4.78 is 31.7. The number of carbonyl (C=O) groups is 1. The fourth-order valence-electron chi connectivity index (χ4n) is 3.88. The van der Waals surface area contributed by atoms with E-state index in [1.54, 1.807) is 60.9 Å². The standard InChI is InChI=1S/C28H21ClN8O4S/c1-41-21-11-12-22(29)25(15-21)33-26-27(34-24-10-3-2-9-23(24)32-26)37(42(39)40)20-8-4-7-19(14-20)28(38)35-36-31-17-18-6-5-13-30-16-18/h2-16,42H,17H2,1H3/p+1. The molecule has 0 saturated heterocycles. The Labute approximate surface area is 246 Å². The molecule has 0 bridgehead atoms. The first kappa shape index (κ1) is 28.3. The van der Waals surface area contributed by atoms with Gasteiger partial charge in [0.2, 0.25) is 20.9 Å². The number of nitrogens with one attached hydrogen (secondary N) is 1. The average Bonchev–Trinajstić information content (AvgIpc) is 3.01. The summed E-state index contributed by atoms with van der Waals surface area (Å²) in [5, 5.41) is 10.9. The molecule has 0 fully saturated rings. The molecule has 210 valence electrons. The van der Waals surface area contributed by atoms with Crippen molar-refractivity contribution in [3.63, 3.8) is 0 Å². The lowest BCUT2D eigenvalue weighted by Gasteiger charge is -2.21. The number of ether oxygens (including phenoxy) is 1. The second kappa shape index (κ2) is 13.0. The molecular weight excluding hydrogens is 580 g/mol. The minimum Gasteiger partial charge on any atom is -0.497 e. The molecule has 12 nitrogen and oxygen atoms in total. The molecule has 42 heavy (non-hydrogen) atoms. The van der Waals surface area contributed by atoms with E-state index in [2.05, 4.69) is 35.4 Å². The van der Waals surface area contributed by atoms with Gasteiger partial charge < -0.3 is 10.1 Å². The summed E-state index contributed by atoms with van der Waals surface area (Å²) in [5.74, 6) is -0.120. The number of para-hydroxylation sites is 2. The van der Waals surface area contributed by atoms with Crippen molar-refractivity contribution in [2.45, 2.75) is 6.54 Å². The Balaban J connectivity index is 1.53. The molecule has 0 atom stereocenters. The van der Waals surface area contributed by atoms with Crippen molar-refractivity contribution in [1.29, 1.82) is 0 Å². The predicted molar refractivity (Wildman–Crippen MR) is 159 cm³/mol. The van der Waals surface area contributed by atoms with Crippen molar-refractivity contribution >= 4 is 62.4 Å². The van der Waals surface area contributed by atoms with Gasteiger partial charge in [0.05, 0.1) is 40.1 Å². The third-order valence-electron chi connectivity index (χ3n) is 5.86. The van der Waals surface area contributed by atoms with E-state index in [4.69, 9.17) is 16.3 Å². The number of nitrogens with zero attached hydrogens (tertiary/aromatic N) is 7. The number of rotatable bonds is 9. The van der Waals surface area contributed by atoms with Gasteiger partial charge in [-0.15, -0.1) is 0 Å². The Hall–Kier alpha value is -5.23. The number of fused-ring (bicyclic) bond motifs is 1. The fourth-order valence-corrected chi connectivity index (χ4v) is 4.65. The maximum atomic E-state index is 12.7. The Morgan fingerprint density at radius 1 is 1.02 bits per heavy atom. The zero-order valence-corrected chi connectivity index (χ0v) is 23.6. The summed E-state index contributed by atoms with van der Waals surface area (Å²) in [5.41, 5.74) is 2.41. The van der Waals surface area contributed by atoms with Crippen molar-refractivity contribution in [1.82, 2.24) is 19.9 Å². The number of anilines is 4. The van der Waals surface area contributed by atoms with Crippen LogP contribution in [0.3, 0.4) is 0 Å². The van der Waals surface area contributed by atoms with Gasteiger partial charge in [-0.25, -0.2) is 22.7 Å². The third kappa shape index (κ3) is 6.56. The summed E-state index contributed by atoms with van der Waals surface area (Å²) >= 11 is 6.41. The van der Waals surface area contributed by atoms with E-state index < -0.39 is 16.8 Å². The van der Waals surface area contributed by atoms with E-state index in [1.165, 1.54) is 31.4 Å². The molecule has 0 aliphatic heterocycles. The van der Waals surface area contributed by atoms with Crippen molar-refractivity contribution in [3.05, 3.63) is 107 Å². The molecule has 1 N–H and O–H groups in total. The van der Waals surface area contributed by atoms with Crippen LogP contribution in [0.2, 0.25) is 5.02 Å². The molecule has 0 saturated carbocycles. The van der Waals surface area contributed by atoms with Crippen LogP contribution in [0.1, 0.15) is 15.9 Å². The van der Waals surface area contributed by atoms with E-state index in [-0.39, 0.29) is 29.4 Å². The number of carbonyl (C=O) groups excluding carboxylic acids is 1. The van der Waals surface area contributed by atoms with Crippen LogP contribution in [-0.4, -0.2) is 36.4 Å². The zero-order chi connectivity index (χ0) is 29.5. The highest BCUT2D eigenvalue weighted by Crippen LogP contribution is 2.36. The first-order valence-corrected chi connectivity index (χ1v) is 13.9. The first-order chi connectivity index (χ1) is 20.4. The number of thiol groups is 1. The Bertz CT molecular complexity index is 1910. The van der Waals surface area contributed by atoms with Gasteiger partial charge in [-0.3, -0.25) is 9.78 Å². The molecule has 5 aromatic rings. The molecule has 0 radical (unpaired) electrons. The van der Waals surface area contributed by atoms with E-state index in [0.717, 1.165) is 9.87 Å². The molecule has 0 spiro atoms. The third-order valence-corrected chi connectivity index (χ3v) is 6.93. The summed E-state index contributed by atoms with van der Waals surface area (Å²) in [6, 6.07) is 21.5. The number of amides is 1. The number of benzene rings is 3. The highest BCUT2D eigenvalue weighted by molar-refractivity contribution is 7.74. The minimum atomic E-state index is -3.31. The molecule has 0 aliphatic rings. The lowest BCUT2D eigenvalue weighted by molar-refractivity contribution is 0.0992. The lowest BCUT2D eigenvalue weighted by Crippen LogP contribution is -2.19. The van der Waals surface area contributed by atoms with Gasteiger partial charge in [0.25, 0.3) is 0 Å². The summed E-state index contributed by atoms with van der Waals surface area (Å²) in [4.78, 5) is 29.6. The number of methoxy groups -OCH3 is 1. The summed E-state index contributed by atoms with van der Waals surface area (Å²) in [7, 11) is -1.79. The molecule has 14 heteroatoms. The zero-order valence-electron chi connectivity index (χ0n) is 22.0. The number of pyridine rings is 1. The Morgan fingerprint density at radius 2 is 1.83 bits per heavy atom. The maximum absolute atomic E-state index is 12.7. The van der Waals surface area contributed by atoms with Crippen molar-refractivity contribution in [3.8, 4) is 5.75 Å². The first-order valence-electron chi connectivity index (χ1n) is 12.4. The number of aromatic nitrogens is 3. The highest BCUT2D eigenvalue weighted by Gasteiger charge is 2.23. The molecule has 1 amide bonds. The largest absolute Gasteiger partial charge is 0.497 e. The monoisotopic (exact) mass is 601 g/mol. The van der Waals surface area contributed by atoms with Gasteiger partial charge in [-0.05, 0) is 54.1 Å². The topological polar surface area (TPSA) is 153 Å². The molecule has 5 rings (SSSR count). The SMILES string of the molecule is COc1ccc(Cl)c(Nc2nc3ccccc3nc2N(c2cccc(C(=O)N=[N+]=NCc3cccnc3)c2)[SH](=O)=O)c1. The van der Waals surface area contributed by atoms with Crippen LogP contribution >= 0.6 is 11.6 Å². The molecular formula is C28H22ClN8O4S+. The highest BCUT2D eigenvalue weighted by atomic mass is 35.5. The normalized spacial score (nSPS) is 10.6. The van der Waals surface area contributed by atoms with E-state index in [0.29, 0.717) is 27.5 Å². The maximum Gasteiger partial charge on any atom is 0.360 e. The summed E-state index contributed by atoms with van der Waals surface area (Å²) in [6.45, 7) is 0.197. The van der Waals surface area contributed by atoms with Crippen LogP contribution in [0.4, 0.5) is 23.0 Å². The Kier molecular flexibility index (Phi) is 8.73. The van der Waals surface area contributed by atoms with Gasteiger partial charge in [-0.2, -0.15) is 0 Å². The quantitative estimate of drug-likeness (QED) is 0.129. The minimum absolute atomic E-state index is 0.0404. The second-order valence-corrected chi connectivity index (χ2v) is 9.89. The second-order valence-electron chi connectivity index (χ2n) is 8.61. The van der Waals surface area contributed by atoms with Crippen LogP contribution in [0, 0.1) is 0 Å². The van der Waals surface area contributed by atoms with Crippen molar-refractivity contribution in [2.24, 2.45) is 10.2 Å². The molecule has 2 heterocycles. The van der Waals surface area contributed by atoms with E-state index >= 15 is 0 Å². The van der Waals surface area contributed by atoms with Crippen molar-refractivity contribution in [2.75, 3.05) is 16.7 Å². The number of hydrogen-bond acceptors (Lipinski definition) is 9. The van der Waals surface area contributed by atoms with Gasteiger partial charge >= 0.3 is 5.91 Å². The van der Waals surface area contributed by atoms with E-state index in [9.17, 15) is 13.2 Å². The number of hydrogen-bond donors (Lipinski definition) is 2. The lowest BCUT2D eigenvalue weighted by atomic mass is 10.2. The van der Waals surface area contributed by atoms with E-state index in [1.807, 2.05) is 6.07 Å². The predicted octanol–water partition coefficient (Wildman–Crippen LogP) is 5.41. The molecule has 0 unspecified atom stereocenters.